The van der Waals surface area contributed by atoms with E-state index in [2.05, 4.69) is 14.5 Å². The number of nitrogens with zero attached hydrogens (tertiary/aromatic N) is 1. The third-order valence-corrected chi connectivity index (χ3v) is 2.56. The lowest BCUT2D eigenvalue weighted by Gasteiger charge is -2.05. The van der Waals surface area contributed by atoms with Crippen molar-refractivity contribution in [3.05, 3.63) is 41.7 Å². The lowest BCUT2D eigenvalue weighted by molar-refractivity contribution is 0.0590. The molecular formula is C13H11NO4. The van der Waals surface area contributed by atoms with Crippen molar-refractivity contribution in [1.82, 2.24) is 4.98 Å². The van der Waals surface area contributed by atoms with Crippen LogP contribution in [-0.2, 0) is 9.47 Å². The molecule has 0 unspecified atom stereocenters. The average Bonchev–Trinajstić information content (AvgIpc) is 2.44. The Labute approximate surface area is 103 Å². The molecule has 0 aliphatic carbocycles. The van der Waals surface area contributed by atoms with Crippen LogP contribution in [0.2, 0.25) is 0 Å². The minimum absolute atomic E-state index is 0.228. The van der Waals surface area contributed by atoms with Crippen molar-refractivity contribution in [2.24, 2.45) is 0 Å². The minimum Gasteiger partial charge on any atom is -0.465 e. The first-order valence-corrected chi connectivity index (χ1v) is 5.22. The lowest BCUT2D eigenvalue weighted by atomic mass is 10.1. The van der Waals surface area contributed by atoms with Gasteiger partial charge in [-0.3, -0.25) is 0 Å². The Morgan fingerprint density at radius 3 is 2.44 bits per heavy atom. The number of rotatable bonds is 2. The van der Waals surface area contributed by atoms with Crippen molar-refractivity contribution in [3.63, 3.8) is 0 Å². The summed E-state index contributed by atoms with van der Waals surface area (Å²) >= 11 is 0. The highest BCUT2D eigenvalue weighted by atomic mass is 16.5. The van der Waals surface area contributed by atoms with Gasteiger partial charge in [-0.2, -0.15) is 0 Å². The van der Waals surface area contributed by atoms with Crippen molar-refractivity contribution in [1.29, 1.82) is 0 Å². The van der Waals surface area contributed by atoms with Gasteiger partial charge in [0.2, 0.25) is 0 Å². The maximum atomic E-state index is 11.5. The van der Waals surface area contributed by atoms with Gasteiger partial charge in [0.15, 0.2) is 5.69 Å². The summed E-state index contributed by atoms with van der Waals surface area (Å²) in [4.78, 5) is 26.9. The number of fused-ring (bicyclic) bond motifs is 1. The molecule has 0 amide bonds. The largest absolute Gasteiger partial charge is 0.465 e. The van der Waals surface area contributed by atoms with Crippen molar-refractivity contribution in [3.8, 4) is 0 Å². The molecule has 1 aromatic heterocycles. The van der Waals surface area contributed by atoms with Gasteiger partial charge in [0.1, 0.15) is 0 Å². The molecule has 2 aromatic rings. The zero-order valence-electron chi connectivity index (χ0n) is 9.97. The van der Waals surface area contributed by atoms with Crippen molar-refractivity contribution >= 4 is 22.7 Å². The van der Waals surface area contributed by atoms with Crippen molar-refractivity contribution in [2.45, 2.75) is 0 Å². The highest BCUT2D eigenvalue weighted by molar-refractivity contribution is 6.04. The van der Waals surface area contributed by atoms with Crippen molar-refractivity contribution in [2.75, 3.05) is 14.2 Å². The number of hydrogen-bond donors (Lipinski definition) is 0. The number of hydrogen-bond acceptors (Lipinski definition) is 5. The highest BCUT2D eigenvalue weighted by Crippen LogP contribution is 2.19. The molecule has 0 bridgehead atoms. The molecule has 5 heteroatoms. The Kier molecular flexibility index (Phi) is 3.23. The Balaban J connectivity index is 2.60. The summed E-state index contributed by atoms with van der Waals surface area (Å²) in [5.74, 6) is -0.931. The summed E-state index contributed by atoms with van der Waals surface area (Å²) in [6.07, 6.45) is 1.50. The van der Waals surface area contributed by atoms with Gasteiger partial charge < -0.3 is 9.47 Å². The van der Waals surface area contributed by atoms with Gasteiger partial charge in [0, 0.05) is 11.6 Å². The van der Waals surface area contributed by atoms with Crippen molar-refractivity contribution < 1.29 is 19.1 Å². The summed E-state index contributed by atoms with van der Waals surface area (Å²) in [7, 11) is 2.62. The summed E-state index contributed by atoms with van der Waals surface area (Å²) < 4.78 is 9.29. The van der Waals surface area contributed by atoms with Gasteiger partial charge in [-0.1, -0.05) is 6.07 Å². The minimum atomic E-state index is -0.508. The van der Waals surface area contributed by atoms with Crippen LogP contribution >= 0.6 is 0 Å². The molecule has 2 rings (SSSR count). The van der Waals surface area contributed by atoms with E-state index >= 15 is 0 Å². The summed E-state index contributed by atoms with van der Waals surface area (Å²) in [5.41, 5.74) is 0.651. The first kappa shape index (κ1) is 12.0. The van der Waals surface area contributed by atoms with Crippen LogP contribution in [0, 0.1) is 0 Å². The molecule has 0 aliphatic heterocycles. The Bertz CT molecular complexity index is 621. The maximum Gasteiger partial charge on any atom is 0.357 e. The highest BCUT2D eigenvalue weighted by Gasteiger charge is 2.13. The summed E-state index contributed by atoms with van der Waals surface area (Å²) in [6.45, 7) is 0. The number of benzene rings is 1. The Morgan fingerprint density at radius 2 is 1.78 bits per heavy atom. The molecule has 0 aliphatic rings. The third kappa shape index (κ3) is 2.02. The van der Waals surface area contributed by atoms with Gasteiger partial charge in [0.25, 0.3) is 0 Å². The van der Waals surface area contributed by atoms with E-state index in [1.165, 1.54) is 20.4 Å². The SMILES string of the molecule is COC(=O)c1ccc2c(C(=O)OC)nccc2c1. The van der Waals surface area contributed by atoms with E-state index in [-0.39, 0.29) is 5.69 Å². The van der Waals surface area contributed by atoms with E-state index in [0.717, 1.165) is 5.39 Å². The number of aromatic nitrogens is 1. The zero-order valence-corrected chi connectivity index (χ0v) is 9.97. The van der Waals surface area contributed by atoms with Crippen LogP contribution in [0.25, 0.3) is 10.8 Å². The molecule has 0 N–H and O–H groups in total. The number of methoxy groups -OCH3 is 2. The van der Waals surface area contributed by atoms with E-state index in [1.54, 1.807) is 24.3 Å². The number of carbonyl (C=O) groups excluding carboxylic acids is 2. The molecule has 0 saturated carbocycles. The molecule has 0 spiro atoms. The number of carbonyl (C=O) groups is 2. The number of pyridine rings is 1. The zero-order chi connectivity index (χ0) is 13.1. The fraction of sp³-hybridized carbons (Fsp3) is 0.154. The predicted molar refractivity (Wildman–Crippen MR) is 64.4 cm³/mol. The van der Waals surface area contributed by atoms with Gasteiger partial charge in [-0.25, -0.2) is 14.6 Å². The van der Waals surface area contributed by atoms with Crippen LogP contribution in [0.1, 0.15) is 20.8 Å². The lowest BCUT2D eigenvalue weighted by Crippen LogP contribution is -2.06. The average molecular weight is 245 g/mol. The normalized spacial score (nSPS) is 10.1. The second-order valence-electron chi connectivity index (χ2n) is 3.58. The second kappa shape index (κ2) is 4.83. The predicted octanol–water partition coefficient (Wildman–Crippen LogP) is 1.81. The van der Waals surface area contributed by atoms with Gasteiger partial charge >= 0.3 is 11.9 Å². The number of ether oxygens (including phenoxy) is 2. The smallest absolute Gasteiger partial charge is 0.357 e. The standard InChI is InChI=1S/C13H11NO4/c1-17-12(15)9-3-4-10-8(7-9)5-6-14-11(10)13(16)18-2/h3-7H,1-2H3. The number of esters is 2. The Morgan fingerprint density at radius 1 is 1.06 bits per heavy atom. The molecule has 1 aromatic carbocycles. The fourth-order valence-electron chi connectivity index (χ4n) is 1.68. The monoisotopic (exact) mass is 245 g/mol. The summed E-state index contributed by atoms with van der Waals surface area (Å²) in [6, 6.07) is 6.60. The van der Waals surface area contributed by atoms with E-state index in [0.29, 0.717) is 10.9 Å². The Hall–Kier alpha value is -2.43. The van der Waals surface area contributed by atoms with Gasteiger partial charge in [-0.05, 0) is 23.6 Å². The van der Waals surface area contributed by atoms with Gasteiger partial charge in [-0.15, -0.1) is 0 Å². The molecule has 5 nitrogen and oxygen atoms in total. The first-order chi connectivity index (χ1) is 8.67. The van der Waals surface area contributed by atoms with Crippen LogP contribution in [0.5, 0.6) is 0 Å². The molecular weight excluding hydrogens is 234 g/mol. The molecule has 1 heterocycles. The topological polar surface area (TPSA) is 65.5 Å². The fourth-order valence-corrected chi connectivity index (χ4v) is 1.68. The van der Waals surface area contributed by atoms with Crippen LogP contribution in [0.4, 0.5) is 0 Å². The quantitative estimate of drug-likeness (QED) is 0.755. The van der Waals surface area contributed by atoms with Crippen LogP contribution < -0.4 is 0 Å². The van der Waals surface area contributed by atoms with E-state index in [9.17, 15) is 9.59 Å². The van der Waals surface area contributed by atoms with Crippen LogP contribution in [-0.4, -0.2) is 31.1 Å². The third-order valence-electron chi connectivity index (χ3n) is 2.56. The molecule has 0 radical (unpaired) electrons. The molecule has 0 atom stereocenters. The van der Waals surface area contributed by atoms with Crippen LogP contribution in [0.15, 0.2) is 30.5 Å². The molecule has 92 valence electrons. The summed E-state index contributed by atoms with van der Waals surface area (Å²) in [5, 5.41) is 1.37. The maximum absolute atomic E-state index is 11.5. The molecule has 18 heavy (non-hydrogen) atoms. The van der Waals surface area contributed by atoms with Crippen LogP contribution in [0.3, 0.4) is 0 Å². The first-order valence-electron chi connectivity index (χ1n) is 5.22. The second-order valence-corrected chi connectivity index (χ2v) is 3.58. The van der Waals surface area contributed by atoms with E-state index in [4.69, 9.17) is 0 Å². The molecule has 0 saturated heterocycles. The van der Waals surface area contributed by atoms with E-state index < -0.39 is 11.9 Å². The molecule has 0 fully saturated rings. The van der Waals surface area contributed by atoms with E-state index in [1.807, 2.05) is 0 Å². The van der Waals surface area contributed by atoms with Gasteiger partial charge in [0.05, 0.1) is 19.8 Å².